The van der Waals surface area contributed by atoms with Crippen molar-refractivity contribution >= 4 is 12.0 Å². The molecule has 0 radical (unpaired) electrons. The summed E-state index contributed by atoms with van der Waals surface area (Å²) < 4.78 is 16.3. The molecule has 0 saturated heterocycles. The lowest BCUT2D eigenvalue weighted by Gasteiger charge is -2.25. The molecule has 1 aliphatic rings. The van der Waals surface area contributed by atoms with Gasteiger partial charge in [0, 0.05) is 18.7 Å². The molecule has 2 aromatic rings. The van der Waals surface area contributed by atoms with Crippen LogP contribution in [0.4, 0.5) is 0 Å². The van der Waals surface area contributed by atoms with Crippen LogP contribution in [-0.2, 0) is 11.3 Å². The number of fused-ring (bicyclic) bond motifs is 1. The van der Waals surface area contributed by atoms with Gasteiger partial charge in [0.25, 0.3) is 5.91 Å². The Morgan fingerprint density at radius 1 is 1.12 bits per heavy atom. The molecule has 0 fully saturated rings. The number of rotatable bonds is 6. The van der Waals surface area contributed by atoms with E-state index in [0.717, 1.165) is 16.9 Å². The van der Waals surface area contributed by atoms with E-state index in [1.54, 1.807) is 19.1 Å². The third kappa shape index (κ3) is 3.67. The minimum Gasteiger partial charge on any atom is -0.493 e. The van der Waals surface area contributed by atoms with Crippen LogP contribution in [0.1, 0.15) is 18.1 Å². The SMILES string of the molecule is CCN(Cc1ccc(OC)c(OC)c1)C(=O)C1=Cc2ccccc2OC1. The highest BCUT2D eigenvalue weighted by molar-refractivity contribution is 5.99. The quantitative estimate of drug-likeness (QED) is 0.797. The molecule has 2 aromatic carbocycles. The van der Waals surface area contributed by atoms with E-state index >= 15 is 0 Å². The summed E-state index contributed by atoms with van der Waals surface area (Å²) in [5, 5.41) is 0. The van der Waals surface area contributed by atoms with Crippen molar-refractivity contribution in [3.05, 3.63) is 59.2 Å². The molecule has 5 nitrogen and oxygen atoms in total. The van der Waals surface area contributed by atoms with Gasteiger partial charge in [0.05, 0.1) is 19.8 Å². The fourth-order valence-electron chi connectivity index (χ4n) is 2.97. The normalized spacial score (nSPS) is 12.5. The fourth-order valence-corrected chi connectivity index (χ4v) is 2.97. The summed E-state index contributed by atoms with van der Waals surface area (Å²) >= 11 is 0. The van der Waals surface area contributed by atoms with Crippen molar-refractivity contribution in [2.24, 2.45) is 0 Å². The van der Waals surface area contributed by atoms with Crippen LogP contribution < -0.4 is 14.2 Å². The maximum atomic E-state index is 12.9. The number of para-hydroxylation sites is 1. The lowest BCUT2D eigenvalue weighted by Crippen LogP contribution is -2.33. The molecule has 0 aliphatic carbocycles. The summed E-state index contributed by atoms with van der Waals surface area (Å²) in [5.41, 5.74) is 2.57. The average Bonchev–Trinajstić information content (AvgIpc) is 2.70. The van der Waals surface area contributed by atoms with Crippen molar-refractivity contribution < 1.29 is 19.0 Å². The molecule has 0 bridgehead atoms. The summed E-state index contributed by atoms with van der Waals surface area (Å²) in [7, 11) is 3.21. The van der Waals surface area contributed by atoms with E-state index in [1.807, 2.05) is 55.5 Å². The Balaban J connectivity index is 1.79. The predicted molar refractivity (Wildman–Crippen MR) is 101 cm³/mol. The molecular formula is C21H23NO4. The second kappa shape index (κ2) is 7.95. The Labute approximate surface area is 153 Å². The number of likely N-dealkylation sites (N-methyl/N-ethyl adjacent to an activating group) is 1. The number of hydrogen-bond donors (Lipinski definition) is 0. The number of carbonyl (C=O) groups is 1. The van der Waals surface area contributed by atoms with Crippen LogP contribution in [0.3, 0.4) is 0 Å². The zero-order chi connectivity index (χ0) is 18.5. The first-order chi connectivity index (χ1) is 12.7. The van der Waals surface area contributed by atoms with E-state index in [9.17, 15) is 4.79 Å². The molecule has 0 atom stereocenters. The summed E-state index contributed by atoms with van der Waals surface area (Å²) in [6.45, 7) is 3.36. The summed E-state index contributed by atoms with van der Waals surface area (Å²) in [6.07, 6.45) is 1.92. The van der Waals surface area contributed by atoms with Gasteiger partial charge < -0.3 is 19.1 Å². The Bertz CT molecular complexity index is 829. The van der Waals surface area contributed by atoms with Crippen molar-refractivity contribution in [3.8, 4) is 17.2 Å². The van der Waals surface area contributed by atoms with Gasteiger partial charge in [0.2, 0.25) is 0 Å². The van der Waals surface area contributed by atoms with Crippen molar-refractivity contribution in [1.82, 2.24) is 4.90 Å². The standard InChI is InChI=1S/C21H23NO4/c1-4-22(13-15-9-10-19(24-2)20(11-15)25-3)21(23)17-12-16-7-5-6-8-18(16)26-14-17/h5-12H,4,13-14H2,1-3H3. The number of ether oxygens (including phenoxy) is 3. The topological polar surface area (TPSA) is 48.0 Å². The third-order valence-corrected chi connectivity index (χ3v) is 4.40. The number of methoxy groups -OCH3 is 2. The first-order valence-electron chi connectivity index (χ1n) is 8.58. The van der Waals surface area contributed by atoms with Crippen LogP contribution >= 0.6 is 0 Å². The highest BCUT2D eigenvalue weighted by atomic mass is 16.5. The van der Waals surface area contributed by atoms with Crippen molar-refractivity contribution in [2.75, 3.05) is 27.4 Å². The smallest absolute Gasteiger partial charge is 0.253 e. The molecular weight excluding hydrogens is 330 g/mol. The van der Waals surface area contributed by atoms with Crippen LogP contribution in [0.25, 0.3) is 6.08 Å². The van der Waals surface area contributed by atoms with Crippen molar-refractivity contribution in [2.45, 2.75) is 13.5 Å². The van der Waals surface area contributed by atoms with E-state index in [2.05, 4.69) is 0 Å². The van der Waals surface area contributed by atoms with Gasteiger partial charge in [-0.1, -0.05) is 24.3 Å². The van der Waals surface area contributed by atoms with Gasteiger partial charge in [-0.2, -0.15) is 0 Å². The van der Waals surface area contributed by atoms with Gasteiger partial charge in [-0.05, 0) is 36.8 Å². The maximum absolute atomic E-state index is 12.9. The van der Waals surface area contributed by atoms with Crippen LogP contribution in [0.5, 0.6) is 17.2 Å². The van der Waals surface area contributed by atoms with Gasteiger partial charge in [0.1, 0.15) is 12.4 Å². The highest BCUT2D eigenvalue weighted by Gasteiger charge is 2.22. The summed E-state index contributed by atoms with van der Waals surface area (Å²) in [4.78, 5) is 14.7. The number of benzene rings is 2. The molecule has 26 heavy (non-hydrogen) atoms. The third-order valence-electron chi connectivity index (χ3n) is 4.40. The molecule has 0 saturated carbocycles. The minimum atomic E-state index is -0.0169. The Hall–Kier alpha value is -2.95. The average molecular weight is 353 g/mol. The number of amides is 1. The monoisotopic (exact) mass is 353 g/mol. The first kappa shape index (κ1) is 17.9. The van der Waals surface area contributed by atoms with Gasteiger partial charge in [-0.3, -0.25) is 4.79 Å². The van der Waals surface area contributed by atoms with E-state index in [0.29, 0.717) is 30.2 Å². The molecule has 136 valence electrons. The Morgan fingerprint density at radius 2 is 1.88 bits per heavy atom. The minimum absolute atomic E-state index is 0.0169. The van der Waals surface area contributed by atoms with E-state index in [4.69, 9.17) is 14.2 Å². The first-order valence-corrected chi connectivity index (χ1v) is 8.58. The van der Waals surface area contributed by atoms with Crippen molar-refractivity contribution in [3.63, 3.8) is 0 Å². The Kier molecular flexibility index (Phi) is 5.46. The van der Waals surface area contributed by atoms with Crippen LogP contribution in [0, 0.1) is 0 Å². The molecule has 3 rings (SSSR count). The van der Waals surface area contributed by atoms with Gasteiger partial charge in [-0.25, -0.2) is 0 Å². The zero-order valence-electron chi connectivity index (χ0n) is 15.3. The maximum Gasteiger partial charge on any atom is 0.253 e. The Morgan fingerprint density at radius 3 is 2.62 bits per heavy atom. The highest BCUT2D eigenvalue weighted by Crippen LogP contribution is 2.29. The van der Waals surface area contributed by atoms with Crippen LogP contribution in [0.2, 0.25) is 0 Å². The molecule has 1 amide bonds. The lowest BCUT2D eigenvalue weighted by atomic mass is 10.1. The van der Waals surface area contributed by atoms with E-state index in [1.165, 1.54) is 0 Å². The van der Waals surface area contributed by atoms with Gasteiger partial charge in [-0.15, -0.1) is 0 Å². The molecule has 1 aliphatic heterocycles. The molecule has 0 N–H and O–H groups in total. The fraction of sp³-hybridized carbons (Fsp3) is 0.286. The van der Waals surface area contributed by atoms with E-state index < -0.39 is 0 Å². The van der Waals surface area contributed by atoms with E-state index in [-0.39, 0.29) is 12.5 Å². The van der Waals surface area contributed by atoms with Gasteiger partial charge in [0.15, 0.2) is 11.5 Å². The molecule has 0 unspecified atom stereocenters. The van der Waals surface area contributed by atoms with Crippen LogP contribution in [-0.4, -0.2) is 38.2 Å². The molecule has 0 spiro atoms. The van der Waals surface area contributed by atoms with Crippen LogP contribution in [0.15, 0.2) is 48.0 Å². The summed E-state index contributed by atoms with van der Waals surface area (Å²) in [5.74, 6) is 2.12. The number of hydrogen-bond acceptors (Lipinski definition) is 4. The largest absolute Gasteiger partial charge is 0.493 e. The molecule has 5 heteroatoms. The second-order valence-electron chi connectivity index (χ2n) is 6.00. The lowest BCUT2D eigenvalue weighted by molar-refractivity contribution is -0.127. The molecule has 0 aromatic heterocycles. The molecule has 1 heterocycles. The van der Waals surface area contributed by atoms with Crippen molar-refractivity contribution in [1.29, 1.82) is 0 Å². The number of nitrogens with zero attached hydrogens (tertiary/aromatic N) is 1. The zero-order valence-corrected chi connectivity index (χ0v) is 15.3. The number of carbonyl (C=O) groups excluding carboxylic acids is 1. The predicted octanol–water partition coefficient (Wildman–Crippen LogP) is 3.53. The summed E-state index contributed by atoms with van der Waals surface area (Å²) in [6, 6.07) is 13.4. The second-order valence-corrected chi connectivity index (χ2v) is 6.00. The van der Waals surface area contributed by atoms with Gasteiger partial charge >= 0.3 is 0 Å².